The van der Waals surface area contributed by atoms with Gasteiger partial charge in [0.1, 0.15) is 0 Å². The zero-order chi connectivity index (χ0) is 14.4. The number of nitrogens with one attached hydrogen (secondary N) is 1. The lowest BCUT2D eigenvalue weighted by molar-refractivity contribution is 0.498. The Morgan fingerprint density at radius 3 is 2.35 bits per heavy atom. The highest BCUT2D eigenvalue weighted by molar-refractivity contribution is 9.10. The topological polar surface area (TPSA) is 25.2 Å². The van der Waals surface area contributed by atoms with E-state index in [4.69, 9.17) is 4.42 Å². The van der Waals surface area contributed by atoms with E-state index in [9.17, 15) is 0 Å². The lowest BCUT2D eigenvalue weighted by Crippen LogP contribution is -2.24. The number of furan rings is 1. The second-order valence-corrected chi connectivity index (χ2v) is 5.75. The first-order valence-electron chi connectivity index (χ1n) is 7.28. The number of aryl methyl sites for hydroxylation is 1. The fourth-order valence-electron chi connectivity index (χ4n) is 2.31. The van der Waals surface area contributed by atoms with Gasteiger partial charge in [0, 0.05) is 11.6 Å². The van der Waals surface area contributed by atoms with E-state index in [-0.39, 0.29) is 6.04 Å². The molecule has 0 spiro atoms. The Morgan fingerprint density at radius 2 is 1.80 bits per heavy atom. The number of hydrogen-bond donors (Lipinski definition) is 1. The zero-order valence-electron chi connectivity index (χ0n) is 12.2. The van der Waals surface area contributed by atoms with Crippen LogP contribution in [-0.2, 0) is 12.8 Å². The Kier molecular flexibility index (Phi) is 5.86. The molecule has 1 aromatic carbocycles. The van der Waals surface area contributed by atoms with Crippen molar-refractivity contribution in [3.05, 3.63) is 58.0 Å². The summed E-state index contributed by atoms with van der Waals surface area (Å²) in [7, 11) is 0. The Balaban J connectivity index is 2.12. The van der Waals surface area contributed by atoms with Gasteiger partial charge in [0.15, 0.2) is 4.67 Å². The molecular weight excluding hydrogens is 314 g/mol. The number of halogens is 1. The van der Waals surface area contributed by atoms with Crippen molar-refractivity contribution < 1.29 is 4.42 Å². The van der Waals surface area contributed by atoms with Crippen LogP contribution in [0.25, 0.3) is 0 Å². The van der Waals surface area contributed by atoms with Crippen molar-refractivity contribution in [2.24, 2.45) is 0 Å². The summed E-state index contributed by atoms with van der Waals surface area (Å²) >= 11 is 3.49. The first-order valence-corrected chi connectivity index (χ1v) is 8.08. The molecule has 3 heteroatoms. The van der Waals surface area contributed by atoms with Crippen LogP contribution in [0.15, 0.2) is 45.7 Å². The molecule has 2 nitrogen and oxygen atoms in total. The highest BCUT2D eigenvalue weighted by Crippen LogP contribution is 2.27. The first-order chi connectivity index (χ1) is 9.74. The minimum absolute atomic E-state index is 0.288. The van der Waals surface area contributed by atoms with E-state index in [1.807, 2.05) is 6.07 Å². The van der Waals surface area contributed by atoms with E-state index >= 15 is 0 Å². The molecule has 0 saturated carbocycles. The maximum Gasteiger partial charge on any atom is 0.173 e. The summed E-state index contributed by atoms with van der Waals surface area (Å²) in [4.78, 5) is 0. The predicted octanol–water partition coefficient (Wildman–Crippen LogP) is 4.89. The second-order valence-electron chi connectivity index (χ2n) is 5.03. The third-order valence-electron chi connectivity index (χ3n) is 3.53. The summed E-state index contributed by atoms with van der Waals surface area (Å²) in [6.07, 6.45) is 4.92. The summed E-state index contributed by atoms with van der Waals surface area (Å²) in [5.74, 6) is 0. The average Bonchev–Trinajstić information content (AvgIpc) is 2.90. The third-order valence-corrected chi connectivity index (χ3v) is 4.18. The van der Waals surface area contributed by atoms with Crippen molar-refractivity contribution in [2.75, 3.05) is 6.54 Å². The van der Waals surface area contributed by atoms with Crippen LogP contribution in [0.1, 0.15) is 43.0 Å². The van der Waals surface area contributed by atoms with E-state index in [1.54, 1.807) is 6.26 Å². The monoisotopic (exact) mass is 335 g/mol. The normalized spacial score (nSPS) is 12.6. The van der Waals surface area contributed by atoms with Crippen LogP contribution in [0.3, 0.4) is 0 Å². The van der Waals surface area contributed by atoms with Gasteiger partial charge in [-0.2, -0.15) is 0 Å². The van der Waals surface area contributed by atoms with Crippen molar-refractivity contribution in [2.45, 2.75) is 39.2 Å². The van der Waals surface area contributed by atoms with Gasteiger partial charge in [-0.1, -0.05) is 38.1 Å². The molecule has 1 atom stereocenters. The number of rotatable bonds is 7. The van der Waals surface area contributed by atoms with Crippen molar-refractivity contribution in [1.29, 1.82) is 0 Å². The summed E-state index contributed by atoms with van der Waals surface area (Å²) in [5.41, 5.74) is 3.93. The molecule has 0 aliphatic rings. The summed E-state index contributed by atoms with van der Waals surface area (Å²) in [6.45, 7) is 5.38. The molecule has 0 radical (unpaired) electrons. The van der Waals surface area contributed by atoms with Crippen molar-refractivity contribution in [3.63, 3.8) is 0 Å². The van der Waals surface area contributed by atoms with Gasteiger partial charge in [-0.25, -0.2) is 0 Å². The molecule has 0 fully saturated rings. The van der Waals surface area contributed by atoms with Crippen LogP contribution in [0.2, 0.25) is 0 Å². The molecule has 0 bridgehead atoms. The Hall–Kier alpha value is -1.06. The Morgan fingerprint density at radius 1 is 1.10 bits per heavy atom. The van der Waals surface area contributed by atoms with Gasteiger partial charge in [-0.3, -0.25) is 0 Å². The van der Waals surface area contributed by atoms with Crippen LogP contribution in [0, 0.1) is 0 Å². The van der Waals surface area contributed by atoms with Gasteiger partial charge in [0.25, 0.3) is 0 Å². The van der Waals surface area contributed by atoms with Gasteiger partial charge >= 0.3 is 0 Å². The average molecular weight is 336 g/mol. The molecule has 108 valence electrons. The molecule has 2 rings (SSSR count). The van der Waals surface area contributed by atoms with E-state index < -0.39 is 0 Å². The largest absolute Gasteiger partial charge is 0.457 e. The number of benzene rings is 1. The molecule has 2 aromatic rings. The minimum atomic E-state index is 0.288. The van der Waals surface area contributed by atoms with Gasteiger partial charge in [-0.15, -0.1) is 0 Å². The lowest BCUT2D eigenvalue weighted by Gasteiger charge is -2.18. The highest BCUT2D eigenvalue weighted by Gasteiger charge is 2.16. The van der Waals surface area contributed by atoms with Crippen molar-refractivity contribution in [1.82, 2.24) is 5.32 Å². The molecule has 1 unspecified atom stereocenters. The molecule has 0 aliphatic carbocycles. The number of hydrogen-bond acceptors (Lipinski definition) is 2. The van der Waals surface area contributed by atoms with Crippen LogP contribution in [0.5, 0.6) is 0 Å². The summed E-state index contributed by atoms with van der Waals surface area (Å²) in [5, 5.41) is 3.60. The summed E-state index contributed by atoms with van der Waals surface area (Å²) < 4.78 is 6.21. The van der Waals surface area contributed by atoms with Gasteiger partial charge < -0.3 is 9.73 Å². The van der Waals surface area contributed by atoms with E-state index in [1.165, 1.54) is 16.7 Å². The Labute approximate surface area is 129 Å². The zero-order valence-corrected chi connectivity index (χ0v) is 13.7. The van der Waals surface area contributed by atoms with Gasteiger partial charge in [-0.05, 0) is 58.9 Å². The molecule has 0 amide bonds. The highest BCUT2D eigenvalue weighted by atomic mass is 79.9. The minimum Gasteiger partial charge on any atom is -0.457 e. The van der Waals surface area contributed by atoms with E-state index in [0.717, 1.165) is 30.5 Å². The van der Waals surface area contributed by atoms with Crippen molar-refractivity contribution >= 4 is 15.9 Å². The van der Waals surface area contributed by atoms with Crippen LogP contribution < -0.4 is 5.32 Å². The summed E-state index contributed by atoms with van der Waals surface area (Å²) in [6, 6.07) is 11.2. The van der Waals surface area contributed by atoms with Gasteiger partial charge in [0.2, 0.25) is 0 Å². The van der Waals surface area contributed by atoms with Gasteiger partial charge in [0.05, 0.1) is 6.26 Å². The van der Waals surface area contributed by atoms with Crippen molar-refractivity contribution in [3.8, 4) is 0 Å². The molecular formula is C17H22BrNO. The molecule has 1 aromatic heterocycles. The maximum absolute atomic E-state index is 5.38. The third kappa shape index (κ3) is 3.97. The molecule has 0 aliphatic heterocycles. The molecule has 1 heterocycles. The second kappa shape index (κ2) is 7.65. The standard InChI is InChI=1S/C17H22BrNO/c1-3-10-19-16(15-9-11-20-17(15)18)12-14-7-5-13(4-2)6-8-14/h5-9,11,16,19H,3-4,10,12H2,1-2H3. The van der Waals surface area contributed by atoms with Crippen LogP contribution in [-0.4, -0.2) is 6.54 Å². The molecule has 20 heavy (non-hydrogen) atoms. The predicted molar refractivity (Wildman–Crippen MR) is 87.0 cm³/mol. The molecule has 1 N–H and O–H groups in total. The maximum atomic E-state index is 5.38. The Bertz CT molecular complexity index is 518. The fraction of sp³-hybridized carbons (Fsp3) is 0.412. The van der Waals surface area contributed by atoms with Crippen LogP contribution >= 0.6 is 15.9 Å². The van der Waals surface area contributed by atoms with E-state index in [2.05, 4.69) is 59.4 Å². The van der Waals surface area contributed by atoms with Crippen LogP contribution in [0.4, 0.5) is 0 Å². The first kappa shape index (κ1) is 15.3. The van der Waals surface area contributed by atoms with E-state index in [0.29, 0.717) is 0 Å². The smallest absolute Gasteiger partial charge is 0.173 e. The lowest BCUT2D eigenvalue weighted by atomic mass is 9.99. The molecule has 0 saturated heterocycles. The fourth-order valence-corrected chi connectivity index (χ4v) is 2.83. The SMILES string of the molecule is CCCNC(Cc1ccc(CC)cc1)c1ccoc1Br. The quantitative estimate of drug-likeness (QED) is 0.779.